The minimum Gasteiger partial charge on any atom is -0.462 e. The predicted molar refractivity (Wildman–Crippen MR) is 267 cm³/mol. The van der Waals surface area contributed by atoms with Gasteiger partial charge in [-0.3, -0.25) is 14.4 Å². The van der Waals surface area contributed by atoms with Gasteiger partial charge in [-0.05, 0) is 90.3 Å². The first-order valence-electron chi connectivity index (χ1n) is 26.5. The van der Waals surface area contributed by atoms with E-state index in [1.165, 1.54) is 135 Å². The molecule has 62 heavy (non-hydrogen) atoms. The number of nitrogens with zero attached hydrogens (tertiary/aromatic N) is 1. The Morgan fingerprint density at radius 1 is 0.548 bits per heavy atom. The minimum absolute atomic E-state index is 0.00141. The van der Waals surface area contributed by atoms with Gasteiger partial charge in [0.25, 0.3) is 10.9 Å². The summed E-state index contributed by atoms with van der Waals surface area (Å²) in [6.07, 6.45) is 42.7. The highest BCUT2D eigenvalue weighted by Gasteiger charge is 2.19. The molecule has 1 atom stereocenters. The van der Waals surface area contributed by atoms with Gasteiger partial charge in [0.1, 0.15) is 23.8 Å². The van der Waals surface area contributed by atoms with Crippen LogP contribution in [0.2, 0.25) is 0 Å². The molecule has 9 nitrogen and oxygen atoms in total. The Hall–Kier alpha value is -2.26. The van der Waals surface area contributed by atoms with Crippen molar-refractivity contribution in [1.29, 1.82) is 0 Å². The fraction of sp³-hybridized carbons (Fsp3) is 0.887. The van der Waals surface area contributed by atoms with Crippen LogP contribution in [-0.2, 0) is 19.1 Å². The molecule has 1 aromatic carbocycles. The molecule has 0 aliphatic heterocycles. The number of ether oxygens (including phenoxy) is 2. The number of aldehydes is 1. The third-order valence-electron chi connectivity index (χ3n) is 12.5. The van der Waals surface area contributed by atoms with Gasteiger partial charge < -0.3 is 29.8 Å². The Morgan fingerprint density at radius 3 is 1.44 bits per heavy atom. The number of methoxy groups -OCH3 is 1. The first-order valence-corrected chi connectivity index (χ1v) is 26.5. The molecule has 364 valence electrons. The first-order chi connectivity index (χ1) is 30.3. The fourth-order valence-electron chi connectivity index (χ4n) is 8.33. The molecule has 0 amide bonds. The van der Waals surface area contributed by atoms with Crippen molar-refractivity contribution in [3.8, 4) is 0 Å². The first kappa shape index (κ1) is 59.7. The molecule has 0 radical (unpaired) electrons. The molecule has 0 saturated heterocycles. The summed E-state index contributed by atoms with van der Waals surface area (Å²) in [6, 6.07) is 0. The van der Waals surface area contributed by atoms with Gasteiger partial charge in [0.05, 0.1) is 6.10 Å². The largest absolute Gasteiger partial charge is 0.462 e. The summed E-state index contributed by atoms with van der Waals surface area (Å²) in [7, 11) is 3.49. The minimum atomic E-state index is -0.437. The van der Waals surface area contributed by atoms with Gasteiger partial charge in [-0.15, -0.1) is 0 Å². The second kappa shape index (κ2) is 45.3. The summed E-state index contributed by atoms with van der Waals surface area (Å²) in [5.41, 5.74) is -0.0479. The van der Waals surface area contributed by atoms with Crippen LogP contribution in [0.5, 0.6) is 0 Å². The highest BCUT2D eigenvalue weighted by atomic mass is 16.5. The smallest absolute Gasteiger partial charge is 0.306 e. The van der Waals surface area contributed by atoms with Crippen molar-refractivity contribution in [2.75, 3.05) is 51.0 Å². The van der Waals surface area contributed by atoms with Crippen molar-refractivity contribution < 1.29 is 19.1 Å². The Bertz CT molecular complexity index is 1180. The van der Waals surface area contributed by atoms with Crippen LogP contribution in [0.4, 0.5) is 11.4 Å². The van der Waals surface area contributed by atoms with Gasteiger partial charge in [-0.1, -0.05) is 169 Å². The summed E-state index contributed by atoms with van der Waals surface area (Å²) >= 11 is 0. The Morgan fingerprint density at radius 2 is 0.968 bits per heavy atom. The number of hydrogen-bond acceptors (Lipinski definition) is 9. The molecular formula is C53H101N3O6. The number of carbonyl (C=O) groups excluding carboxylic acids is 2. The summed E-state index contributed by atoms with van der Waals surface area (Å²) < 4.78 is 11.4. The number of carbonyl (C=O) groups is 2. The molecule has 0 aromatic heterocycles. The number of hydrogen-bond donors (Lipinski definition) is 2. The van der Waals surface area contributed by atoms with E-state index in [1.54, 1.807) is 7.05 Å². The predicted octanol–water partition coefficient (Wildman–Crippen LogP) is 13.9. The van der Waals surface area contributed by atoms with E-state index in [4.69, 9.17) is 9.47 Å². The van der Waals surface area contributed by atoms with Crippen LogP contribution in [0.15, 0.2) is 9.59 Å². The van der Waals surface area contributed by atoms with Crippen molar-refractivity contribution in [1.82, 2.24) is 4.90 Å². The summed E-state index contributed by atoms with van der Waals surface area (Å²) in [6.45, 7) is 12.7. The molecule has 1 unspecified atom stereocenters. The van der Waals surface area contributed by atoms with Crippen LogP contribution < -0.4 is 21.5 Å². The molecule has 0 saturated carbocycles. The van der Waals surface area contributed by atoms with Crippen LogP contribution in [0, 0.1) is 0 Å². The molecule has 0 aliphatic carbocycles. The summed E-state index contributed by atoms with van der Waals surface area (Å²) in [4.78, 5) is 49.3. The van der Waals surface area contributed by atoms with E-state index in [-0.39, 0.29) is 12.1 Å². The van der Waals surface area contributed by atoms with Crippen molar-refractivity contribution >= 4 is 23.6 Å². The van der Waals surface area contributed by atoms with E-state index in [1.807, 2.05) is 7.11 Å². The second-order valence-electron chi connectivity index (χ2n) is 18.1. The van der Waals surface area contributed by atoms with E-state index in [2.05, 4.69) is 43.2 Å². The van der Waals surface area contributed by atoms with Gasteiger partial charge in [0, 0.05) is 33.5 Å². The zero-order valence-electron chi connectivity index (χ0n) is 41.7. The Balaban J connectivity index is 0.00000245. The molecule has 0 spiro atoms. The topological polar surface area (TPSA) is 114 Å². The standard InChI is InChI=1S/C41H75N3O5.C12H26O/c1-4-6-8-10-15-21-28-36(29-22-16-11-9-7-5-2)49-37(46)30-23-17-14-19-25-33-44(32-24-18-12-13-20-26-35-45)34-27-31-43-39-38(42-3)40(47)41(39)48;1-4-6-7-8-9-10-11-12(5-2)13-3/h35-36,42-43H,4-34H2,1-3H3;12H,4-11H2,1-3H3. The second-order valence-corrected chi connectivity index (χ2v) is 18.1. The van der Waals surface area contributed by atoms with Crippen molar-refractivity contribution in [2.24, 2.45) is 0 Å². The zero-order valence-corrected chi connectivity index (χ0v) is 41.7. The maximum Gasteiger partial charge on any atom is 0.306 e. The van der Waals surface area contributed by atoms with E-state index in [0.717, 1.165) is 103 Å². The van der Waals surface area contributed by atoms with Gasteiger partial charge >= 0.3 is 5.97 Å². The lowest BCUT2D eigenvalue weighted by Gasteiger charge is -2.23. The molecule has 9 heteroatoms. The number of esters is 1. The Labute approximate surface area is 382 Å². The van der Waals surface area contributed by atoms with Crippen molar-refractivity contribution in [3.63, 3.8) is 0 Å². The van der Waals surface area contributed by atoms with Gasteiger partial charge in [0.15, 0.2) is 0 Å². The Kier molecular flexibility index (Phi) is 43.7. The lowest BCUT2D eigenvalue weighted by molar-refractivity contribution is -0.150. The van der Waals surface area contributed by atoms with Crippen LogP contribution in [-0.4, -0.2) is 69.7 Å². The molecule has 0 fully saturated rings. The lowest BCUT2D eigenvalue weighted by Crippen LogP contribution is -2.37. The molecule has 0 aliphatic rings. The quantitative estimate of drug-likeness (QED) is 0.0286. The number of rotatable bonds is 46. The maximum absolute atomic E-state index is 12.7. The maximum atomic E-state index is 12.7. The van der Waals surface area contributed by atoms with Crippen LogP contribution in [0.1, 0.15) is 252 Å². The number of nitrogens with one attached hydrogen (secondary N) is 2. The highest BCUT2D eigenvalue weighted by molar-refractivity contribution is 5.73. The van der Waals surface area contributed by atoms with E-state index < -0.39 is 10.9 Å². The van der Waals surface area contributed by atoms with Gasteiger partial charge in [0.2, 0.25) is 0 Å². The molecular weight excluding hydrogens is 775 g/mol. The third kappa shape index (κ3) is 34.2. The van der Waals surface area contributed by atoms with Crippen molar-refractivity contribution in [3.05, 3.63) is 20.4 Å². The molecule has 2 N–H and O–H groups in total. The van der Waals surface area contributed by atoms with Crippen LogP contribution in [0.25, 0.3) is 0 Å². The van der Waals surface area contributed by atoms with Gasteiger partial charge in [-0.2, -0.15) is 0 Å². The number of anilines is 2. The van der Waals surface area contributed by atoms with Crippen LogP contribution in [0.3, 0.4) is 0 Å². The lowest BCUT2D eigenvalue weighted by atomic mass is 10.0. The van der Waals surface area contributed by atoms with E-state index >= 15 is 0 Å². The molecule has 0 bridgehead atoms. The summed E-state index contributed by atoms with van der Waals surface area (Å²) in [5, 5.41) is 5.97. The average molecular weight is 876 g/mol. The third-order valence-corrected chi connectivity index (χ3v) is 12.5. The average Bonchev–Trinajstić information content (AvgIpc) is 3.28. The van der Waals surface area contributed by atoms with Crippen molar-refractivity contribution in [2.45, 2.75) is 265 Å². The highest BCUT2D eigenvalue weighted by Crippen LogP contribution is 2.19. The SMILES string of the molecule is CCCCCCCCC(CC)OC.CCCCCCCCC(CCCCCCCC)OC(=O)CCCCCCCN(CCCCCCCC=O)CCCNc1c(NC)c(=O)c1=O. The van der Waals surface area contributed by atoms with Gasteiger partial charge in [-0.25, -0.2) is 0 Å². The molecule has 0 heterocycles. The number of unbranched alkanes of at least 4 members (excludes halogenated alkanes) is 24. The molecule has 1 aromatic rings. The zero-order chi connectivity index (χ0) is 45.7. The normalized spacial score (nSPS) is 11.9. The fourth-order valence-corrected chi connectivity index (χ4v) is 8.33. The van der Waals surface area contributed by atoms with Crippen LogP contribution >= 0.6 is 0 Å². The monoisotopic (exact) mass is 876 g/mol. The molecule has 1 rings (SSSR count). The summed E-state index contributed by atoms with van der Waals surface area (Å²) in [5.74, 6) is -0.00141. The van der Waals surface area contributed by atoms with E-state index in [0.29, 0.717) is 36.9 Å². The van der Waals surface area contributed by atoms with E-state index in [9.17, 15) is 19.2 Å².